The van der Waals surface area contributed by atoms with Gasteiger partial charge in [-0.05, 0) is 59.8 Å². The van der Waals surface area contributed by atoms with Gasteiger partial charge in [0.05, 0.1) is 25.3 Å². The number of ether oxygens (including phenoxy) is 2. The highest BCUT2D eigenvalue weighted by Crippen LogP contribution is 2.32. The molecular formula is C20H16N4O6S2. The minimum Gasteiger partial charge on any atom is -0.497 e. The Hall–Kier alpha value is -3.64. The van der Waals surface area contributed by atoms with Crippen LogP contribution in [0.5, 0.6) is 17.2 Å². The molecule has 1 N–H and O–H groups in total. The first-order chi connectivity index (χ1) is 15.3. The Morgan fingerprint density at radius 1 is 1.06 bits per heavy atom. The Morgan fingerprint density at radius 3 is 2.50 bits per heavy atom. The second-order valence-electron chi connectivity index (χ2n) is 6.38. The number of methoxy groups -OCH3 is 2. The van der Waals surface area contributed by atoms with Gasteiger partial charge >= 0.3 is 10.1 Å². The van der Waals surface area contributed by atoms with Gasteiger partial charge in [0.25, 0.3) is 5.91 Å². The highest BCUT2D eigenvalue weighted by atomic mass is 32.2. The number of amides is 1. The van der Waals surface area contributed by atoms with Gasteiger partial charge in [0.2, 0.25) is 0 Å². The van der Waals surface area contributed by atoms with Crippen molar-refractivity contribution in [2.45, 2.75) is 4.90 Å². The number of fused-ring (bicyclic) bond motifs is 1. The molecule has 4 rings (SSSR count). The van der Waals surface area contributed by atoms with E-state index in [-0.39, 0.29) is 27.8 Å². The Kier molecular flexibility index (Phi) is 5.72. The van der Waals surface area contributed by atoms with Crippen LogP contribution in [0.1, 0.15) is 5.56 Å². The van der Waals surface area contributed by atoms with Crippen LogP contribution in [0.3, 0.4) is 0 Å². The Bertz CT molecular complexity index is 1300. The maximum absolute atomic E-state index is 12.6. The zero-order valence-electron chi connectivity index (χ0n) is 16.8. The Balaban J connectivity index is 1.62. The van der Waals surface area contributed by atoms with E-state index in [1.54, 1.807) is 0 Å². The average Bonchev–Trinajstić information content (AvgIpc) is 3.26. The van der Waals surface area contributed by atoms with Gasteiger partial charge < -0.3 is 13.7 Å². The summed E-state index contributed by atoms with van der Waals surface area (Å²) in [6.45, 7) is 0. The van der Waals surface area contributed by atoms with Gasteiger partial charge in [-0.25, -0.2) is 0 Å². The molecule has 2 aliphatic heterocycles. The van der Waals surface area contributed by atoms with Crippen molar-refractivity contribution in [2.24, 2.45) is 10.1 Å². The summed E-state index contributed by atoms with van der Waals surface area (Å²) in [5.74, 6) is -0.0683. The van der Waals surface area contributed by atoms with E-state index < -0.39 is 16.0 Å². The maximum Gasteiger partial charge on any atom is 0.339 e. The van der Waals surface area contributed by atoms with Crippen LogP contribution in [0.4, 0.5) is 0 Å². The molecule has 12 heteroatoms. The molecular weight excluding hydrogens is 456 g/mol. The molecule has 164 valence electrons. The molecule has 0 unspecified atom stereocenters. The highest BCUT2D eigenvalue weighted by molar-refractivity contribution is 8.25. The molecule has 10 nitrogen and oxygen atoms in total. The van der Waals surface area contributed by atoms with Crippen molar-refractivity contribution >= 4 is 50.4 Å². The maximum atomic E-state index is 12.6. The van der Waals surface area contributed by atoms with Gasteiger partial charge in [0, 0.05) is 0 Å². The van der Waals surface area contributed by atoms with Crippen LogP contribution < -0.4 is 13.7 Å². The number of carbonyl (C=O) groups excluding carboxylic acids is 1. The molecule has 0 aromatic heterocycles. The third-order valence-corrected chi connectivity index (χ3v) is 6.37. The van der Waals surface area contributed by atoms with Gasteiger partial charge in [-0.15, -0.1) is 0 Å². The van der Waals surface area contributed by atoms with Crippen molar-refractivity contribution in [1.82, 2.24) is 5.01 Å². The lowest BCUT2D eigenvalue weighted by Gasteiger charge is -2.20. The molecule has 0 saturated heterocycles. The van der Waals surface area contributed by atoms with E-state index in [0.29, 0.717) is 16.5 Å². The summed E-state index contributed by atoms with van der Waals surface area (Å²) in [6.07, 6.45) is 1.45. The molecule has 0 atom stereocenters. The summed E-state index contributed by atoms with van der Waals surface area (Å²) in [4.78, 5) is 16.2. The van der Waals surface area contributed by atoms with E-state index in [1.807, 2.05) is 0 Å². The van der Waals surface area contributed by atoms with Gasteiger partial charge in [0.1, 0.15) is 10.6 Å². The summed E-state index contributed by atoms with van der Waals surface area (Å²) in [6, 6.07) is 10.2. The molecule has 2 heterocycles. The number of hydrogen-bond donors (Lipinski definition) is 1. The van der Waals surface area contributed by atoms with Gasteiger partial charge in [-0.3, -0.25) is 10.2 Å². The number of carbonyl (C=O) groups is 1. The number of rotatable bonds is 6. The number of aliphatic imine (C=N–C) groups is 1. The van der Waals surface area contributed by atoms with E-state index in [9.17, 15) is 13.2 Å². The largest absolute Gasteiger partial charge is 0.497 e. The van der Waals surface area contributed by atoms with Gasteiger partial charge in [-0.1, -0.05) is 6.07 Å². The zero-order chi connectivity index (χ0) is 22.9. The number of nitrogens with zero attached hydrogens (tertiary/aromatic N) is 3. The second kappa shape index (κ2) is 8.48. The van der Waals surface area contributed by atoms with Crippen LogP contribution >= 0.6 is 11.8 Å². The number of hydrogen-bond acceptors (Lipinski definition) is 9. The SMILES string of the molecule is COc1ccc(S(=O)(=O)Oc2ccc(/C=C3/C(=N)N4N=CSC4=NC3=O)cc2OC)cc1. The number of hydrazone groups is 1. The van der Waals surface area contributed by atoms with Crippen molar-refractivity contribution < 1.29 is 26.9 Å². The third kappa shape index (κ3) is 4.09. The first-order valence-corrected chi connectivity index (χ1v) is 11.3. The molecule has 0 fully saturated rings. The Morgan fingerprint density at radius 2 is 1.81 bits per heavy atom. The lowest BCUT2D eigenvalue weighted by atomic mass is 10.1. The molecule has 2 aromatic carbocycles. The fourth-order valence-electron chi connectivity index (χ4n) is 2.85. The quantitative estimate of drug-likeness (QED) is 0.502. The first kappa shape index (κ1) is 21.6. The van der Waals surface area contributed by atoms with Gasteiger partial charge in [-0.2, -0.15) is 23.5 Å². The fraction of sp³-hybridized carbons (Fsp3) is 0.100. The molecule has 32 heavy (non-hydrogen) atoms. The smallest absolute Gasteiger partial charge is 0.339 e. The number of nitrogens with one attached hydrogen (secondary N) is 1. The number of thioether (sulfide) groups is 1. The fourth-order valence-corrected chi connectivity index (χ4v) is 4.40. The predicted molar refractivity (Wildman–Crippen MR) is 120 cm³/mol. The minimum atomic E-state index is -4.12. The monoisotopic (exact) mass is 472 g/mol. The number of amidine groups is 2. The van der Waals surface area contributed by atoms with Crippen molar-refractivity contribution in [2.75, 3.05) is 14.2 Å². The highest BCUT2D eigenvalue weighted by Gasteiger charge is 2.32. The van der Waals surface area contributed by atoms with E-state index >= 15 is 0 Å². The molecule has 1 amide bonds. The molecule has 0 radical (unpaired) electrons. The summed E-state index contributed by atoms with van der Waals surface area (Å²) in [5, 5.41) is 13.8. The van der Waals surface area contributed by atoms with Crippen LogP contribution in [0.25, 0.3) is 6.08 Å². The second-order valence-corrected chi connectivity index (χ2v) is 8.74. The standard InChI is InChI=1S/C20H16N4O6S2/c1-28-13-4-6-14(7-5-13)32(26,27)30-16-8-3-12(10-17(16)29-2)9-15-18(21)24-20(23-19(15)25)31-11-22-24/h3-11,21H,1-2H3/b15-9-,21-18?. The molecule has 0 aliphatic carbocycles. The molecule has 0 bridgehead atoms. The summed E-state index contributed by atoms with van der Waals surface area (Å²) >= 11 is 1.15. The summed E-state index contributed by atoms with van der Waals surface area (Å²) in [5.41, 5.74) is 2.01. The van der Waals surface area contributed by atoms with E-state index in [2.05, 4.69) is 10.1 Å². The predicted octanol–water partition coefficient (Wildman–Crippen LogP) is 2.72. The van der Waals surface area contributed by atoms with E-state index in [4.69, 9.17) is 19.1 Å². The first-order valence-electron chi connectivity index (χ1n) is 9.02. The average molecular weight is 473 g/mol. The van der Waals surface area contributed by atoms with Crippen LogP contribution in [-0.4, -0.2) is 50.1 Å². The number of benzene rings is 2. The summed E-state index contributed by atoms with van der Waals surface area (Å²) in [7, 11) is -1.28. The normalized spacial score (nSPS) is 16.8. The lowest BCUT2D eigenvalue weighted by molar-refractivity contribution is -0.114. The molecule has 0 spiro atoms. The van der Waals surface area contributed by atoms with Crippen molar-refractivity contribution in [3.05, 3.63) is 53.6 Å². The lowest BCUT2D eigenvalue weighted by Crippen LogP contribution is -2.35. The molecule has 0 saturated carbocycles. The van der Waals surface area contributed by atoms with Gasteiger partial charge in [0.15, 0.2) is 22.5 Å². The van der Waals surface area contributed by atoms with Crippen LogP contribution in [0.15, 0.2) is 63.0 Å². The van der Waals surface area contributed by atoms with Crippen LogP contribution in [0.2, 0.25) is 0 Å². The Labute approximate surface area is 187 Å². The van der Waals surface area contributed by atoms with Crippen molar-refractivity contribution in [3.63, 3.8) is 0 Å². The molecule has 2 aromatic rings. The van der Waals surface area contributed by atoms with Crippen molar-refractivity contribution in [3.8, 4) is 17.2 Å². The third-order valence-electron chi connectivity index (χ3n) is 4.44. The topological polar surface area (TPSA) is 131 Å². The zero-order valence-corrected chi connectivity index (χ0v) is 18.4. The molecule has 2 aliphatic rings. The van der Waals surface area contributed by atoms with E-state index in [1.165, 1.54) is 73.3 Å². The minimum absolute atomic E-state index is 0.0311. The van der Waals surface area contributed by atoms with Crippen LogP contribution in [-0.2, 0) is 14.9 Å². The van der Waals surface area contributed by atoms with Crippen LogP contribution in [0, 0.1) is 5.41 Å². The van der Waals surface area contributed by atoms with Crippen molar-refractivity contribution in [1.29, 1.82) is 5.41 Å². The van der Waals surface area contributed by atoms with E-state index in [0.717, 1.165) is 11.8 Å². The summed E-state index contributed by atoms with van der Waals surface area (Å²) < 4.78 is 40.8.